The summed E-state index contributed by atoms with van der Waals surface area (Å²) in [5.74, 6) is 0.310. The molecule has 2 aliphatic rings. The van der Waals surface area contributed by atoms with Gasteiger partial charge in [-0.05, 0) is 81.9 Å². The average molecular weight is 556 g/mol. The molecule has 43 heavy (non-hydrogen) atoms. The van der Waals surface area contributed by atoms with Crippen LogP contribution >= 0.6 is 0 Å². The Kier molecular flexibility index (Phi) is 3.90. The van der Waals surface area contributed by atoms with E-state index in [-0.39, 0.29) is 63.8 Å². The van der Waals surface area contributed by atoms with Gasteiger partial charge in [-0.1, -0.05) is 159 Å². The fraction of sp³-hybridized carbons (Fsp3) is 0.116. The Labute approximate surface area is 262 Å². The molecular weight excluding hydrogens is 516 g/mol. The molecule has 0 aromatic heterocycles. The van der Waals surface area contributed by atoms with Crippen LogP contribution in [-0.4, -0.2) is 0 Å². The predicted molar refractivity (Wildman–Crippen MR) is 185 cm³/mol. The monoisotopic (exact) mass is 555 g/mol. The summed E-state index contributed by atoms with van der Waals surface area (Å²) in [7, 11) is 0. The minimum atomic E-state index is -0.455. The van der Waals surface area contributed by atoms with E-state index in [0.29, 0.717) is 5.56 Å². The van der Waals surface area contributed by atoms with Crippen molar-refractivity contribution < 1.29 is 9.60 Å². The fourth-order valence-corrected chi connectivity index (χ4v) is 8.20. The van der Waals surface area contributed by atoms with Gasteiger partial charge < -0.3 is 0 Å². The van der Waals surface area contributed by atoms with Crippen LogP contribution in [-0.2, 0) is 5.41 Å². The lowest BCUT2D eigenvalue weighted by Gasteiger charge is -2.36. The molecule has 0 N–H and O–H groups in total. The molecule has 7 aromatic carbocycles. The summed E-state index contributed by atoms with van der Waals surface area (Å²) in [5, 5.41) is 6.16. The Morgan fingerprint density at radius 1 is 0.581 bits per heavy atom. The Balaban J connectivity index is 1.40. The van der Waals surface area contributed by atoms with E-state index in [4.69, 9.17) is 8.22 Å². The normalized spacial score (nSPS) is 21.0. The van der Waals surface area contributed by atoms with Crippen molar-refractivity contribution in [1.82, 2.24) is 0 Å². The highest BCUT2D eigenvalue weighted by atomic mass is 14.5. The van der Waals surface area contributed by atoms with Crippen LogP contribution in [0.3, 0.4) is 0 Å². The Morgan fingerprint density at radius 2 is 1.21 bits per heavy atom. The van der Waals surface area contributed by atoms with Crippen LogP contribution in [0.25, 0.3) is 59.8 Å². The molecule has 0 saturated heterocycles. The third kappa shape index (κ3) is 3.38. The van der Waals surface area contributed by atoms with Crippen molar-refractivity contribution in [3.63, 3.8) is 0 Å². The summed E-state index contributed by atoms with van der Waals surface area (Å²) in [6, 6.07) is 26.8. The molecule has 9 rings (SSSR count). The van der Waals surface area contributed by atoms with E-state index in [1.165, 1.54) is 27.5 Å². The first-order valence-corrected chi connectivity index (χ1v) is 14.9. The highest BCUT2D eigenvalue weighted by molar-refractivity contribution is 6.21. The van der Waals surface area contributed by atoms with Crippen LogP contribution in [0, 0.1) is 5.92 Å². The number of allylic oxidation sites excluding steroid dienone is 4. The fourth-order valence-electron chi connectivity index (χ4n) is 8.20. The molecule has 0 amide bonds. The maximum Gasteiger partial charge on any atom is 0.0629 e. The van der Waals surface area contributed by atoms with Gasteiger partial charge in [-0.3, -0.25) is 0 Å². The minimum Gasteiger partial charge on any atom is -0.0763 e. The van der Waals surface area contributed by atoms with Gasteiger partial charge in [0.25, 0.3) is 0 Å². The van der Waals surface area contributed by atoms with Crippen LogP contribution in [0.2, 0.25) is 0 Å². The molecule has 0 radical (unpaired) electrons. The van der Waals surface area contributed by atoms with Crippen molar-refractivity contribution in [3.05, 3.63) is 162 Å². The van der Waals surface area contributed by atoms with Gasteiger partial charge in [0.15, 0.2) is 0 Å². The summed E-state index contributed by atoms with van der Waals surface area (Å²) in [4.78, 5) is 0. The average Bonchev–Trinajstić information content (AvgIpc) is 3.38. The van der Waals surface area contributed by atoms with Gasteiger partial charge in [-0.25, -0.2) is 0 Å². The first kappa shape index (κ1) is 18.6. The van der Waals surface area contributed by atoms with Gasteiger partial charge >= 0.3 is 0 Å². The SMILES string of the molecule is [2H]c1c([2H])c([2H])c2c(-c3c4ccccc4c(C4=CC=CC5c6ccc7ccccc7c6C(C)(C)C45)c4ccccc34)c([2H])c([2H])c([2H])c2c1[2H]. The van der Waals surface area contributed by atoms with E-state index >= 15 is 0 Å². The molecule has 0 spiro atoms. The predicted octanol–water partition coefficient (Wildman–Crippen LogP) is 11.6. The molecule has 2 unspecified atom stereocenters. The van der Waals surface area contributed by atoms with Crippen molar-refractivity contribution in [2.45, 2.75) is 25.2 Å². The van der Waals surface area contributed by atoms with E-state index in [2.05, 4.69) is 80.6 Å². The Morgan fingerprint density at radius 3 is 1.95 bits per heavy atom. The van der Waals surface area contributed by atoms with E-state index in [0.717, 1.165) is 27.1 Å². The van der Waals surface area contributed by atoms with Crippen molar-refractivity contribution in [1.29, 1.82) is 0 Å². The highest BCUT2D eigenvalue weighted by Crippen LogP contribution is 2.60. The minimum absolute atomic E-state index is 0.0371. The van der Waals surface area contributed by atoms with Gasteiger partial charge in [0.1, 0.15) is 0 Å². The zero-order valence-corrected chi connectivity index (χ0v) is 24.0. The molecule has 0 bridgehead atoms. The number of fused-ring (bicyclic) bond motifs is 8. The quantitative estimate of drug-likeness (QED) is 0.186. The molecule has 0 nitrogen and oxygen atoms in total. The molecule has 7 aromatic rings. The standard InChI is InChI=1S/C43H32/c1-43(2)41-30-17-6-4-14-28(30)25-26-37(41)36-23-12-24-38(42(36)43)40-34-20-9-7-18-32(34)39(33-19-8-10-21-35(33)40)31-22-11-15-27-13-3-5-16-29(27)31/h3-26,36,42H,1-2H3/i3D,5D,11D,13D,15D,16D,22D. The first-order chi connectivity index (χ1) is 24.0. The zero-order valence-electron chi connectivity index (χ0n) is 31.0. The Hall–Kier alpha value is -4.94. The van der Waals surface area contributed by atoms with Gasteiger partial charge in [-0.2, -0.15) is 0 Å². The van der Waals surface area contributed by atoms with Gasteiger partial charge in [0.2, 0.25) is 0 Å². The molecule has 2 atom stereocenters. The molecule has 0 fully saturated rings. The second-order valence-electron chi connectivity index (χ2n) is 12.3. The lowest BCUT2D eigenvalue weighted by atomic mass is 9.67. The van der Waals surface area contributed by atoms with Gasteiger partial charge in [0.05, 0.1) is 9.60 Å². The van der Waals surface area contributed by atoms with Gasteiger partial charge in [-0.15, -0.1) is 0 Å². The summed E-state index contributed by atoms with van der Waals surface area (Å²) in [6.07, 6.45) is 6.77. The van der Waals surface area contributed by atoms with Crippen molar-refractivity contribution >= 4 is 48.7 Å². The first-order valence-electron chi connectivity index (χ1n) is 18.4. The smallest absolute Gasteiger partial charge is 0.0629 e. The zero-order chi connectivity index (χ0) is 34.8. The van der Waals surface area contributed by atoms with Crippen LogP contribution in [0.15, 0.2) is 145 Å². The van der Waals surface area contributed by atoms with Gasteiger partial charge in [0, 0.05) is 11.8 Å². The Bertz CT molecular complexity index is 2650. The molecule has 0 aliphatic heterocycles. The maximum atomic E-state index is 9.26. The second-order valence-corrected chi connectivity index (χ2v) is 12.3. The third-order valence-corrected chi connectivity index (χ3v) is 9.81. The van der Waals surface area contributed by atoms with Crippen LogP contribution in [0.1, 0.15) is 46.1 Å². The highest BCUT2D eigenvalue weighted by Gasteiger charge is 2.49. The molecule has 0 heteroatoms. The number of hydrogen-bond acceptors (Lipinski definition) is 0. The van der Waals surface area contributed by atoms with Crippen molar-refractivity contribution in [2.75, 3.05) is 0 Å². The number of rotatable bonds is 2. The van der Waals surface area contributed by atoms with Crippen molar-refractivity contribution in [2.24, 2.45) is 5.92 Å². The maximum absolute atomic E-state index is 9.26. The molecule has 204 valence electrons. The number of benzene rings is 7. The summed E-state index contributed by atoms with van der Waals surface area (Å²) in [5.41, 5.74) is 5.73. The van der Waals surface area contributed by atoms with Crippen LogP contribution in [0.4, 0.5) is 0 Å². The third-order valence-electron chi connectivity index (χ3n) is 9.81. The van der Waals surface area contributed by atoms with Crippen molar-refractivity contribution in [3.8, 4) is 11.1 Å². The summed E-state index contributed by atoms with van der Waals surface area (Å²) < 4.78 is 61.4. The molecule has 0 heterocycles. The van der Waals surface area contributed by atoms with E-state index in [1.807, 2.05) is 36.4 Å². The lowest BCUT2D eigenvalue weighted by molar-refractivity contribution is 0.409. The van der Waals surface area contributed by atoms with Crippen LogP contribution < -0.4 is 0 Å². The number of hydrogen-bond donors (Lipinski definition) is 0. The molecule has 2 aliphatic carbocycles. The second kappa shape index (κ2) is 9.03. The largest absolute Gasteiger partial charge is 0.0763 e. The van der Waals surface area contributed by atoms with Crippen LogP contribution in [0.5, 0.6) is 0 Å². The molecule has 0 saturated carbocycles. The summed E-state index contributed by atoms with van der Waals surface area (Å²) in [6.45, 7) is 4.72. The lowest BCUT2D eigenvalue weighted by Crippen LogP contribution is -2.28. The topological polar surface area (TPSA) is 0 Å². The summed E-state index contributed by atoms with van der Waals surface area (Å²) >= 11 is 0. The van der Waals surface area contributed by atoms with E-state index in [9.17, 15) is 1.37 Å². The van der Waals surface area contributed by atoms with E-state index in [1.54, 1.807) is 0 Å². The van der Waals surface area contributed by atoms with E-state index < -0.39 is 12.1 Å². The molecular formula is C43H32.